The number of aryl methyl sites for hydroxylation is 2. The summed E-state index contributed by atoms with van der Waals surface area (Å²) >= 11 is 0. The third-order valence-electron chi connectivity index (χ3n) is 5.91. The molecule has 0 aliphatic heterocycles. The zero-order chi connectivity index (χ0) is 27.5. The third kappa shape index (κ3) is 7.46. The number of esters is 1. The number of ether oxygens (including phenoxy) is 2. The molecule has 1 aromatic heterocycles. The van der Waals surface area contributed by atoms with Gasteiger partial charge in [-0.15, -0.1) is 0 Å². The van der Waals surface area contributed by atoms with E-state index in [0.29, 0.717) is 35.7 Å². The minimum absolute atomic E-state index is 0.0823. The second kappa shape index (κ2) is 13.5. The number of amides is 1. The number of carbonyl (C=O) groups is 2. The Balaban J connectivity index is 1.49. The van der Waals surface area contributed by atoms with Gasteiger partial charge in [0.2, 0.25) is 0 Å². The number of hydrogen-bond donors (Lipinski definition) is 1. The van der Waals surface area contributed by atoms with Gasteiger partial charge in [0, 0.05) is 0 Å². The lowest BCUT2D eigenvalue weighted by Crippen LogP contribution is -2.23. The van der Waals surface area contributed by atoms with Gasteiger partial charge in [-0.25, -0.2) is 4.79 Å². The van der Waals surface area contributed by atoms with Crippen molar-refractivity contribution in [1.29, 1.82) is 5.26 Å². The second-order valence-electron chi connectivity index (χ2n) is 8.60. The largest absolute Gasteiger partial charge is 0.490 e. The van der Waals surface area contributed by atoms with Crippen LogP contribution < -0.4 is 14.8 Å². The van der Waals surface area contributed by atoms with E-state index >= 15 is 0 Å². The van der Waals surface area contributed by atoms with Crippen molar-refractivity contribution in [2.24, 2.45) is 0 Å². The van der Waals surface area contributed by atoms with Crippen molar-refractivity contribution in [1.82, 2.24) is 5.32 Å². The summed E-state index contributed by atoms with van der Waals surface area (Å²) in [6.45, 7) is 2.31. The van der Waals surface area contributed by atoms with Gasteiger partial charge in [0.1, 0.15) is 17.4 Å². The first-order chi connectivity index (χ1) is 19.1. The van der Waals surface area contributed by atoms with Crippen LogP contribution in [0.3, 0.4) is 0 Å². The minimum atomic E-state index is -0.533. The van der Waals surface area contributed by atoms with Crippen molar-refractivity contribution in [3.05, 3.63) is 125 Å². The molecule has 0 aliphatic rings. The fourth-order valence-electron chi connectivity index (χ4n) is 3.97. The summed E-state index contributed by atoms with van der Waals surface area (Å²) in [4.78, 5) is 25.7. The Labute approximate surface area is 227 Å². The first-order valence-electron chi connectivity index (χ1n) is 12.6. The highest BCUT2D eigenvalue weighted by Crippen LogP contribution is 2.30. The van der Waals surface area contributed by atoms with Crippen LogP contribution in [0.15, 0.2) is 101 Å². The summed E-state index contributed by atoms with van der Waals surface area (Å²) in [6.07, 6.45) is 4.45. The zero-order valence-electron chi connectivity index (χ0n) is 21.6. The van der Waals surface area contributed by atoms with E-state index in [1.165, 1.54) is 17.9 Å². The molecule has 0 radical (unpaired) electrons. The molecule has 0 saturated heterocycles. The van der Waals surface area contributed by atoms with Gasteiger partial charge >= 0.3 is 5.97 Å². The van der Waals surface area contributed by atoms with Crippen LogP contribution >= 0.6 is 0 Å². The maximum absolute atomic E-state index is 13.2. The molecule has 7 heteroatoms. The lowest BCUT2D eigenvalue weighted by molar-refractivity contribution is -0.117. The fourth-order valence-corrected chi connectivity index (χ4v) is 3.97. The molecular formula is C32H28N2O5. The number of benzene rings is 3. The molecule has 0 unspecified atom stereocenters. The van der Waals surface area contributed by atoms with E-state index in [4.69, 9.17) is 13.9 Å². The number of furan rings is 1. The van der Waals surface area contributed by atoms with Crippen LogP contribution in [-0.4, -0.2) is 18.5 Å². The van der Waals surface area contributed by atoms with Crippen molar-refractivity contribution in [2.45, 2.75) is 26.3 Å². The van der Waals surface area contributed by atoms with E-state index < -0.39 is 11.9 Å². The molecule has 0 fully saturated rings. The summed E-state index contributed by atoms with van der Waals surface area (Å²) in [7, 11) is 0. The average Bonchev–Trinajstić information content (AvgIpc) is 3.49. The number of hydrogen-bond acceptors (Lipinski definition) is 6. The highest BCUT2D eigenvalue weighted by molar-refractivity contribution is 6.01. The van der Waals surface area contributed by atoms with Crippen LogP contribution in [0.4, 0.5) is 0 Å². The number of rotatable bonds is 11. The van der Waals surface area contributed by atoms with E-state index in [-0.39, 0.29) is 17.9 Å². The summed E-state index contributed by atoms with van der Waals surface area (Å²) in [5, 5.41) is 12.2. The summed E-state index contributed by atoms with van der Waals surface area (Å²) in [5.74, 6) is 0.131. The SMILES string of the molecule is CCOc1cc(/C=C(\C#N)C(=O)NCc2ccco2)ccc1OC(=O)c1ccccc1CCc1ccccc1. The van der Waals surface area contributed by atoms with Crippen molar-refractivity contribution in [3.8, 4) is 17.6 Å². The Morgan fingerprint density at radius 2 is 1.74 bits per heavy atom. The molecule has 7 nitrogen and oxygen atoms in total. The molecule has 0 saturated carbocycles. The van der Waals surface area contributed by atoms with E-state index in [0.717, 1.165) is 12.0 Å². The Hall–Kier alpha value is -5.09. The van der Waals surface area contributed by atoms with Gasteiger partial charge in [-0.3, -0.25) is 4.79 Å². The van der Waals surface area contributed by atoms with Crippen LogP contribution in [-0.2, 0) is 24.2 Å². The third-order valence-corrected chi connectivity index (χ3v) is 5.91. The van der Waals surface area contributed by atoms with E-state index in [1.54, 1.807) is 42.5 Å². The second-order valence-corrected chi connectivity index (χ2v) is 8.60. The van der Waals surface area contributed by atoms with Gasteiger partial charge in [0.25, 0.3) is 5.91 Å². The summed E-state index contributed by atoms with van der Waals surface area (Å²) in [5.41, 5.74) is 3.03. The molecule has 1 amide bonds. The van der Waals surface area contributed by atoms with Crippen molar-refractivity contribution < 1.29 is 23.5 Å². The highest BCUT2D eigenvalue weighted by atomic mass is 16.6. The van der Waals surface area contributed by atoms with Crippen LogP contribution in [0.1, 0.15) is 39.7 Å². The van der Waals surface area contributed by atoms with Crippen LogP contribution in [0.2, 0.25) is 0 Å². The normalized spacial score (nSPS) is 10.9. The average molecular weight is 521 g/mol. The lowest BCUT2D eigenvalue weighted by Gasteiger charge is -2.13. The molecule has 196 valence electrons. The molecule has 0 bridgehead atoms. The van der Waals surface area contributed by atoms with E-state index in [2.05, 4.69) is 17.4 Å². The molecule has 4 rings (SSSR count). The van der Waals surface area contributed by atoms with Crippen LogP contribution in [0.5, 0.6) is 11.5 Å². The summed E-state index contributed by atoms with van der Waals surface area (Å²) < 4.78 is 16.7. The number of nitrogens with one attached hydrogen (secondary N) is 1. The Bertz CT molecular complexity index is 1480. The molecular weight excluding hydrogens is 492 g/mol. The Kier molecular flexibility index (Phi) is 9.30. The minimum Gasteiger partial charge on any atom is -0.490 e. The zero-order valence-corrected chi connectivity index (χ0v) is 21.6. The number of nitriles is 1. The maximum Gasteiger partial charge on any atom is 0.343 e. The molecule has 0 aliphatic carbocycles. The van der Waals surface area contributed by atoms with Gasteiger partial charge < -0.3 is 19.2 Å². The smallest absolute Gasteiger partial charge is 0.343 e. The molecule has 4 aromatic rings. The lowest BCUT2D eigenvalue weighted by atomic mass is 10.00. The van der Waals surface area contributed by atoms with E-state index in [1.807, 2.05) is 43.3 Å². The van der Waals surface area contributed by atoms with Crippen molar-refractivity contribution >= 4 is 18.0 Å². The molecule has 39 heavy (non-hydrogen) atoms. The first kappa shape index (κ1) is 27.0. The predicted octanol–water partition coefficient (Wildman–Crippen LogP) is 5.91. The molecule has 0 atom stereocenters. The highest BCUT2D eigenvalue weighted by Gasteiger charge is 2.17. The van der Waals surface area contributed by atoms with Crippen LogP contribution in [0.25, 0.3) is 6.08 Å². The number of carbonyl (C=O) groups excluding carboxylic acids is 2. The Morgan fingerprint density at radius 3 is 2.49 bits per heavy atom. The monoisotopic (exact) mass is 520 g/mol. The molecule has 1 N–H and O–H groups in total. The fraction of sp³-hybridized carbons (Fsp3) is 0.156. The molecule has 3 aromatic carbocycles. The van der Waals surface area contributed by atoms with Gasteiger partial charge in [-0.1, -0.05) is 54.6 Å². The standard InChI is InChI=1S/C32H28N2O5/c1-2-37-30-20-24(19-26(21-33)31(35)34-22-27-12-8-18-38-27)15-17-29(30)39-32(36)28-13-7-6-11-25(28)16-14-23-9-4-3-5-10-23/h3-13,15,17-20H,2,14,16,22H2,1H3,(H,34,35)/b26-19+. The first-order valence-corrected chi connectivity index (χ1v) is 12.6. The van der Waals surface area contributed by atoms with Crippen molar-refractivity contribution in [3.63, 3.8) is 0 Å². The van der Waals surface area contributed by atoms with Gasteiger partial charge in [-0.05, 0) is 72.9 Å². The molecule has 1 heterocycles. The maximum atomic E-state index is 13.2. The quantitative estimate of drug-likeness (QED) is 0.114. The van der Waals surface area contributed by atoms with Crippen molar-refractivity contribution in [2.75, 3.05) is 6.61 Å². The number of nitrogens with zero attached hydrogens (tertiary/aromatic N) is 1. The van der Waals surface area contributed by atoms with Gasteiger partial charge in [0.15, 0.2) is 11.5 Å². The molecule has 0 spiro atoms. The topological polar surface area (TPSA) is 102 Å². The summed E-state index contributed by atoms with van der Waals surface area (Å²) in [6, 6.07) is 27.7. The van der Waals surface area contributed by atoms with Gasteiger partial charge in [0.05, 0.1) is 25.0 Å². The predicted molar refractivity (Wildman–Crippen MR) is 147 cm³/mol. The van der Waals surface area contributed by atoms with Crippen LogP contribution in [0, 0.1) is 11.3 Å². The van der Waals surface area contributed by atoms with E-state index in [9.17, 15) is 14.9 Å². The van der Waals surface area contributed by atoms with Gasteiger partial charge in [-0.2, -0.15) is 5.26 Å². The Morgan fingerprint density at radius 1 is 0.949 bits per heavy atom.